The Balaban J connectivity index is 1.40. The van der Waals surface area contributed by atoms with Gasteiger partial charge in [0.25, 0.3) is 0 Å². The molecule has 0 fully saturated rings. The molecule has 0 aliphatic carbocycles. The minimum absolute atomic E-state index is 0.509. The molecule has 1 heterocycles. The highest BCUT2D eigenvalue weighted by atomic mass is 35.5. The first-order chi connectivity index (χ1) is 17.7. The second kappa shape index (κ2) is 11.0. The maximum absolute atomic E-state index is 6.26. The van der Waals surface area contributed by atoms with Gasteiger partial charge in [0, 0.05) is 23.5 Å². The average Bonchev–Trinajstić information content (AvgIpc) is 2.91. The van der Waals surface area contributed by atoms with Crippen molar-refractivity contribution >= 4 is 40.5 Å². The lowest BCUT2D eigenvalue weighted by Crippen LogP contribution is -2.05. The molecule has 3 N–H and O–H groups in total. The molecule has 5 aromatic rings. The van der Waals surface area contributed by atoms with E-state index in [0.717, 1.165) is 44.9 Å². The molecule has 0 radical (unpaired) electrons. The van der Waals surface area contributed by atoms with Crippen molar-refractivity contribution < 1.29 is 4.74 Å². The predicted molar refractivity (Wildman–Crippen MR) is 148 cm³/mol. The van der Waals surface area contributed by atoms with Gasteiger partial charge >= 0.3 is 0 Å². The van der Waals surface area contributed by atoms with E-state index in [1.165, 1.54) is 0 Å². The molecule has 0 saturated heterocycles. The Labute approximate surface area is 215 Å². The second-order valence-electron chi connectivity index (χ2n) is 8.29. The first-order valence-corrected chi connectivity index (χ1v) is 12.0. The monoisotopic (exact) mass is 492 g/mol. The summed E-state index contributed by atoms with van der Waals surface area (Å²) in [4.78, 5) is 9.50. The van der Waals surface area contributed by atoms with Crippen LogP contribution in [0.4, 0.5) is 5.82 Å². The van der Waals surface area contributed by atoms with Gasteiger partial charge in [0.05, 0.1) is 5.52 Å². The van der Waals surface area contributed by atoms with E-state index in [4.69, 9.17) is 32.0 Å². The van der Waals surface area contributed by atoms with Gasteiger partial charge in [-0.25, -0.2) is 9.97 Å². The van der Waals surface area contributed by atoms with Crippen LogP contribution < -0.4 is 15.8 Å². The zero-order valence-electron chi connectivity index (χ0n) is 19.6. The minimum atomic E-state index is 0.509. The van der Waals surface area contributed by atoms with E-state index in [2.05, 4.69) is 17.4 Å². The van der Waals surface area contributed by atoms with Crippen molar-refractivity contribution in [2.45, 2.75) is 13.1 Å². The summed E-state index contributed by atoms with van der Waals surface area (Å²) < 4.78 is 5.95. The zero-order valence-corrected chi connectivity index (χ0v) is 20.3. The van der Waals surface area contributed by atoms with Crippen LogP contribution in [0.1, 0.15) is 22.5 Å². The standard InChI is InChI=1S/C30H25ClN4O/c31-24-13-14-27-28(18-24)34-29(35-30(27)33-20-23-8-4-7-22(16-23)19-32)15-12-21-6-5-11-26(17-21)36-25-9-2-1-3-10-25/h1-18H,19-20,32H2,(H,33,34,35)/b15-12+. The predicted octanol–water partition coefficient (Wildman–Crippen LogP) is 7.32. The van der Waals surface area contributed by atoms with Gasteiger partial charge in [-0.1, -0.05) is 72.3 Å². The number of hydrogen-bond acceptors (Lipinski definition) is 5. The normalized spacial score (nSPS) is 11.2. The van der Waals surface area contributed by atoms with E-state index >= 15 is 0 Å². The lowest BCUT2D eigenvalue weighted by Gasteiger charge is -2.11. The summed E-state index contributed by atoms with van der Waals surface area (Å²) in [5.41, 5.74) is 9.77. The molecule has 178 valence electrons. The van der Waals surface area contributed by atoms with Gasteiger partial charge in [-0.3, -0.25) is 0 Å². The molecule has 0 aliphatic heterocycles. The van der Waals surface area contributed by atoms with E-state index in [0.29, 0.717) is 23.9 Å². The number of rotatable bonds is 8. The third-order valence-corrected chi connectivity index (χ3v) is 5.86. The number of hydrogen-bond donors (Lipinski definition) is 2. The highest BCUT2D eigenvalue weighted by Gasteiger charge is 2.08. The van der Waals surface area contributed by atoms with Crippen LogP contribution in [-0.2, 0) is 13.1 Å². The Bertz CT molecular complexity index is 1520. The molecular weight excluding hydrogens is 468 g/mol. The summed E-state index contributed by atoms with van der Waals surface area (Å²) in [7, 11) is 0. The number of nitrogens with zero attached hydrogens (tertiary/aromatic N) is 2. The SMILES string of the molecule is NCc1cccc(CNc2nc(/C=C/c3cccc(Oc4ccccc4)c3)nc3cc(Cl)ccc23)c1. The summed E-state index contributed by atoms with van der Waals surface area (Å²) in [6.07, 6.45) is 3.86. The number of halogens is 1. The summed E-state index contributed by atoms with van der Waals surface area (Å²) in [5.74, 6) is 2.88. The molecule has 0 bridgehead atoms. The number of benzene rings is 4. The Hall–Kier alpha value is -4.19. The third kappa shape index (κ3) is 5.89. The van der Waals surface area contributed by atoms with Crippen LogP contribution in [-0.4, -0.2) is 9.97 Å². The largest absolute Gasteiger partial charge is 0.457 e. The minimum Gasteiger partial charge on any atom is -0.457 e. The molecule has 36 heavy (non-hydrogen) atoms. The van der Waals surface area contributed by atoms with Gasteiger partial charge in [0.15, 0.2) is 5.82 Å². The summed E-state index contributed by atoms with van der Waals surface area (Å²) in [6.45, 7) is 1.12. The number of nitrogens with two attached hydrogens (primary N) is 1. The molecule has 4 aromatic carbocycles. The van der Waals surface area contributed by atoms with Crippen LogP contribution in [0.15, 0.2) is 97.1 Å². The molecule has 6 heteroatoms. The number of fused-ring (bicyclic) bond motifs is 1. The van der Waals surface area contributed by atoms with Crippen molar-refractivity contribution in [1.82, 2.24) is 9.97 Å². The van der Waals surface area contributed by atoms with Crippen molar-refractivity contribution in [2.75, 3.05) is 5.32 Å². The summed E-state index contributed by atoms with van der Waals surface area (Å²) >= 11 is 6.26. The van der Waals surface area contributed by atoms with Crippen molar-refractivity contribution in [3.63, 3.8) is 0 Å². The first-order valence-electron chi connectivity index (χ1n) is 11.7. The van der Waals surface area contributed by atoms with E-state index in [1.807, 2.05) is 97.1 Å². The maximum Gasteiger partial charge on any atom is 0.154 e. The maximum atomic E-state index is 6.26. The molecule has 0 saturated carbocycles. The van der Waals surface area contributed by atoms with Crippen molar-refractivity contribution in [2.24, 2.45) is 5.73 Å². The van der Waals surface area contributed by atoms with Crippen LogP contribution in [0.2, 0.25) is 5.02 Å². The molecule has 5 rings (SSSR count). The Morgan fingerprint density at radius 3 is 2.44 bits per heavy atom. The number of nitrogens with one attached hydrogen (secondary N) is 1. The van der Waals surface area contributed by atoms with E-state index in [1.54, 1.807) is 0 Å². The van der Waals surface area contributed by atoms with Crippen LogP contribution in [0.5, 0.6) is 11.5 Å². The lowest BCUT2D eigenvalue weighted by molar-refractivity contribution is 0.482. The van der Waals surface area contributed by atoms with Crippen LogP contribution >= 0.6 is 11.6 Å². The highest BCUT2D eigenvalue weighted by Crippen LogP contribution is 2.26. The highest BCUT2D eigenvalue weighted by molar-refractivity contribution is 6.31. The van der Waals surface area contributed by atoms with Crippen molar-refractivity contribution in [3.8, 4) is 11.5 Å². The number of para-hydroxylation sites is 1. The van der Waals surface area contributed by atoms with Gasteiger partial charge in [-0.05, 0) is 65.2 Å². The molecule has 5 nitrogen and oxygen atoms in total. The van der Waals surface area contributed by atoms with Crippen LogP contribution in [0.3, 0.4) is 0 Å². The molecule has 0 atom stereocenters. The Kier molecular flexibility index (Phi) is 7.22. The van der Waals surface area contributed by atoms with E-state index in [9.17, 15) is 0 Å². The third-order valence-electron chi connectivity index (χ3n) is 5.63. The fraction of sp³-hybridized carbons (Fsp3) is 0.0667. The number of ether oxygens (including phenoxy) is 1. The molecule has 1 aromatic heterocycles. The number of anilines is 1. The van der Waals surface area contributed by atoms with Crippen molar-refractivity contribution in [3.05, 3.63) is 125 Å². The second-order valence-corrected chi connectivity index (χ2v) is 8.73. The fourth-order valence-electron chi connectivity index (χ4n) is 3.86. The molecule has 0 unspecified atom stereocenters. The van der Waals surface area contributed by atoms with Crippen LogP contribution in [0, 0.1) is 0 Å². The quantitative estimate of drug-likeness (QED) is 0.237. The Morgan fingerprint density at radius 1 is 0.778 bits per heavy atom. The number of aromatic nitrogens is 2. The topological polar surface area (TPSA) is 73.1 Å². The van der Waals surface area contributed by atoms with Gasteiger partial charge in [0.1, 0.15) is 17.3 Å². The molecule has 0 amide bonds. The van der Waals surface area contributed by atoms with Gasteiger partial charge in [-0.15, -0.1) is 0 Å². The van der Waals surface area contributed by atoms with Gasteiger partial charge in [0.2, 0.25) is 0 Å². The van der Waals surface area contributed by atoms with Gasteiger partial charge < -0.3 is 15.8 Å². The van der Waals surface area contributed by atoms with E-state index in [-0.39, 0.29) is 0 Å². The first kappa shape index (κ1) is 23.5. The summed E-state index contributed by atoms with van der Waals surface area (Å²) in [6, 6.07) is 31.4. The van der Waals surface area contributed by atoms with Gasteiger partial charge in [-0.2, -0.15) is 0 Å². The smallest absolute Gasteiger partial charge is 0.154 e. The molecule has 0 spiro atoms. The van der Waals surface area contributed by atoms with Crippen LogP contribution in [0.25, 0.3) is 23.1 Å². The molecule has 0 aliphatic rings. The van der Waals surface area contributed by atoms with Crippen molar-refractivity contribution in [1.29, 1.82) is 0 Å². The zero-order chi connectivity index (χ0) is 24.7. The van der Waals surface area contributed by atoms with E-state index < -0.39 is 0 Å². The average molecular weight is 493 g/mol. The Morgan fingerprint density at radius 2 is 1.58 bits per heavy atom. The summed E-state index contributed by atoms with van der Waals surface area (Å²) in [5, 5.41) is 5.00. The molecular formula is C30H25ClN4O. The lowest BCUT2D eigenvalue weighted by atomic mass is 10.1. The fourth-order valence-corrected chi connectivity index (χ4v) is 4.03.